The van der Waals surface area contributed by atoms with Crippen molar-refractivity contribution in [1.29, 1.82) is 0 Å². The van der Waals surface area contributed by atoms with Crippen LogP contribution in [0.1, 0.15) is 52.8 Å². The molecular weight excluding hydrogens is 372 g/mol. The van der Waals surface area contributed by atoms with Crippen LogP contribution in [0.3, 0.4) is 0 Å². The van der Waals surface area contributed by atoms with Crippen LogP contribution >= 0.6 is 11.8 Å². The summed E-state index contributed by atoms with van der Waals surface area (Å²) in [5.74, 6) is 0.288. The smallest absolute Gasteiger partial charge is 0.120 e. The maximum absolute atomic E-state index is 10.5. The highest BCUT2D eigenvalue weighted by Gasteiger charge is 2.30. The van der Waals surface area contributed by atoms with Crippen LogP contribution < -0.4 is 0 Å². The minimum atomic E-state index is -0.427. The average Bonchev–Trinajstić information content (AvgIpc) is 2.71. The molecule has 1 fully saturated rings. The molecule has 1 saturated heterocycles. The van der Waals surface area contributed by atoms with E-state index in [1.165, 1.54) is 16.7 Å². The Balaban J connectivity index is 0.00000136. The number of aliphatic hydroxyl groups excluding tert-OH is 3. The first-order valence-corrected chi connectivity index (χ1v) is 10.7. The maximum Gasteiger partial charge on any atom is 0.120 e. The predicted octanol–water partition coefficient (Wildman–Crippen LogP) is 3.75. The second-order valence-electron chi connectivity index (χ2n) is 7.24. The molecule has 0 aliphatic carbocycles. The molecule has 5 heteroatoms. The normalized spacial score (nSPS) is 21.7. The number of aliphatic hydroxyl groups is 3. The summed E-state index contributed by atoms with van der Waals surface area (Å²) in [6.45, 7) is 4.24. The highest BCUT2D eigenvalue weighted by molar-refractivity contribution is 8.00. The van der Waals surface area contributed by atoms with Crippen LogP contribution in [0.25, 0.3) is 0 Å². The van der Waals surface area contributed by atoms with Crippen molar-refractivity contribution in [3.05, 3.63) is 64.2 Å². The lowest BCUT2D eigenvalue weighted by atomic mass is 9.94. The average molecular weight is 405 g/mol. The van der Waals surface area contributed by atoms with Crippen molar-refractivity contribution >= 4 is 11.8 Å². The standard InChI is InChI=1S/C22H28O3S.CH4O/c1-3-15-4-6-16(7-5-15)9-17-10-20(21(25)8-14(17)2)22-12-18(24)11-19(13-23)26-22;1-2/h4-8,10,18-19,22-25H,3,9,11-13H2,1-2H3;2H,1H3. The molecule has 0 bridgehead atoms. The van der Waals surface area contributed by atoms with Gasteiger partial charge >= 0.3 is 0 Å². The van der Waals surface area contributed by atoms with Crippen LogP contribution in [-0.2, 0) is 12.8 Å². The van der Waals surface area contributed by atoms with Crippen molar-refractivity contribution in [3.8, 4) is 5.75 Å². The van der Waals surface area contributed by atoms with Crippen molar-refractivity contribution in [2.24, 2.45) is 0 Å². The van der Waals surface area contributed by atoms with Gasteiger partial charge in [0.1, 0.15) is 5.75 Å². The van der Waals surface area contributed by atoms with E-state index < -0.39 is 6.10 Å². The van der Waals surface area contributed by atoms with Gasteiger partial charge in [-0.25, -0.2) is 0 Å². The molecule has 4 N–H and O–H groups in total. The summed E-state index contributed by atoms with van der Waals surface area (Å²) in [4.78, 5) is 0. The van der Waals surface area contributed by atoms with Crippen LogP contribution in [0.5, 0.6) is 5.75 Å². The van der Waals surface area contributed by atoms with Crippen LogP contribution in [0.15, 0.2) is 36.4 Å². The van der Waals surface area contributed by atoms with Gasteiger partial charge in [-0.05, 0) is 60.9 Å². The zero-order chi connectivity index (χ0) is 20.7. The van der Waals surface area contributed by atoms with E-state index in [1.807, 2.05) is 13.0 Å². The largest absolute Gasteiger partial charge is 0.508 e. The minimum absolute atomic E-state index is 0.0118. The van der Waals surface area contributed by atoms with Gasteiger partial charge in [0, 0.05) is 23.2 Å². The van der Waals surface area contributed by atoms with E-state index in [2.05, 4.69) is 37.3 Å². The summed E-state index contributed by atoms with van der Waals surface area (Å²) in [5.41, 5.74) is 5.73. The Morgan fingerprint density at radius 2 is 1.68 bits per heavy atom. The van der Waals surface area contributed by atoms with E-state index >= 15 is 0 Å². The Bertz CT molecular complexity index is 745. The summed E-state index contributed by atoms with van der Waals surface area (Å²) < 4.78 is 0. The molecule has 0 spiro atoms. The fraction of sp³-hybridized carbons (Fsp3) is 0.478. The molecule has 1 heterocycles. The van der Waals surface area contributed by atoms with Crippen LogP contribution in [-0.4, -0.2) is 45.5 Å². The first kappa shape index (κ1) is 22.8. The zero-order valence-electron chi connectivity index (χ0n) is 16.9. The number of rotatable bonds is 5. The number of aryl methyl sites for hydroxylation is 2. The number of aromatic hydroxyl groups is 1. The molecule has 1 aliphatic rings. The third-order valence-electron chi connectivity index (χ3n) is 5.24. The quantitative estimate of drug-likeness (QED) is 0.610. The predicted molar refractivity (Wildman–Crippen MR) is 116 cm³/mol. The monoisotopic (exact) mass is 404 g/mol. The Hall–Kier alpha value is -1.53. The Labute approximate surface area is 172 Å². The number of thioether (sulfide) groups is 1. The Kier molecular flexibility index (Phi) is 8.83. The van der Waals surface area contributed by atoms with Crippen molar-refractivity contribution < 1.29 is 20.4 Å². The fourth-order valence-electron chi connectivity index (χ4n) is 3.63. The second-order valence-corrected chi connectivity index (χ2v) is 8.75. The van der Waals surface area contributed by atoms with Gasteiger partial charge in [0.25, 0.3) is 0 Å². The van der Waals surface area contributed by atoms with E-state index in [1.54, 1.807) is 11.8 Å². The maximum atomic E-state index is 10.5. The van der Waals surface area contributed by atoms with Gasteiger partial charge < -0.3 is 20.4 Å². The van der Waals surface area contributed by atoms with E-state index in [4.69, 9.17) is 5.11 Å². The molecule has 0 saturated carbocycles. The first-order valence-electron chi connectivity index (χ1n) is 9.79. The van der Waals surface area contributed by atoms with Gasteiger partial charge in [0.2, 0.25) is 0 Å². The molecule has 3 rings (SSSR count). The molecule has 3 atom stereocenters. The second kappa shape index (κ2) is 10.9. The van der Waals surface area contributed by atoms with E-state index in [0.29, 0.717) is 12.8 Å². The summed E-state index contributed by atoms with van der Waals surface area (Å²) >= 11 is 1.66. The molecule has 1 aliphatic heterocycles. The minimum Gasteiger partial charge on any atom is -0.508 e. The number of hydrogen-bond donors (Lipinski definition) is 4. The third-order valence-corrected chi connectivity index (χ3v) is 6.74. The molecular formula is C23H32O4S. The summed E-state index contributed by atoms with van der Waals surface area (Å²) in [6.07, 6.45) is 2.66. The molecule has 2 aromatic carbocycles. The summed E-state index contributed by atoms with van der Waals surface area (Å²) in [6, 6.07) is 12.6. The van der Waals surface area contributed by atoms with Crippen molar-refractivity contribution in [2.75, 3.05) is 13.7 Å². The van der Waals surface area contributed by atoms with Crippen LogP contribution in [0.2, 0.25) is 0 Å². The topological polar surface area (TPSA) is 80.9 Å². The number of phenols is 1. The van der Waals surface area contributed by atoms with Gasteiger partial charge in [0.15, 0.2) is 0 Å². The molecule has 4 nitrogen and oxygen atoms in total. The van der Waals surface area contributed by atoms with Crippen LogP contribution in [0.4, 0.5) is 0 Å². The van der Waals surface area contributed by atoms with Gasteiger partial charge in [-0.15, -0.1) is 11.8 Å². The summed E-state index contributed by atoms with van der Waals surface area (Å²) in [5, 5.41) is 37.1. The lowest BCUT2D eigenvalue weighted by molar-refractivity contribution is 0.137. The van der Waals surface area contributed by atoms with E-state index in [-0.39, 0.29) is 22.9 Å². The lowest BCUT2D eigenvalue weighted by Crippen LogP contribution is -2.26. The zero-order valence-corrected chi connectivity index (χ0v) is 17.7. The van der Waals surface area contributed by atoms with Crippen molar-refractivity contribution in [3.63, 3.8) is 0 Å². The highest BCUT2D eigenvalue weighted by Crippen LogP contribution is 2.46. The van der Waals surface area contributed by atoms with Crippen molar-refractivity contribution in [1.82, 2.24) is 0 Å². The SMILES string of the molecule is CCc1ccc(Cc2cc(C3CC(O)CC(CO)S3)c(O)cc2C)cc1.CO. The Morgan fingerprint density at radius 3 is 2.29 bits per heavy atom. The lowest BCUT2D eigenvalue weighted by Gasteiger charge is -2.32. The van der Waals surface area contributed by atoms with Gasteiger partial charge in [0.05, 0.1) is 12.7 Å². The third kappa shape index (κ3) is 5.74. The molecule has 3 unspecified atom stereocenters. The van der Waals surface area contributed by atoms with Gasteiger partial charge in [-0.1, -0.05) is 37.3 Å². The molecule has 0 amide bonds. The van der Waals surface area contributed by atoms with E-state index in [0.717, 1.165) is 31.1 Å². The van der Waals surface area contributed by atoms with Crippen LogP contribution in [0, 0.1) is 6.92 Å². The van der Waals surface area contributed by atoms with Gasteiger partial charge in [-0.3, -0.25) is 0 Å². The highest BCUT2D eigenvalue weighted by atomic mass is 32.2. The Morgan fingerprint density at radius 1 is 1.04 bits per heavy atom. The molecule has 0 aromatic heterocycles. The fourth-order valence-corrected chi connectivity index (χ4v) is 5.18. The van der Waals surface area contributed by atoms with Crippen molar-refractivity contribution in [2.45, 2.75) is 56.1 Å². The molecule has 154 valence electrons. The number of phenolic OH excluding ortho intramolecular Hbond substituents is 1. The number of benzene rings is 2. The summed E-state index contributed by atoms with van der Waals surface area (Å²) in [7, 11) is 1.00. The first-order chi connectivity index (χ1) is 13.5. The molecule has 2 aromatic rings. The molecule has 0 radical (unpaired) electrons. The van der Waals surface area contributed by atoms with E-state index in [9.17, 15) is 15.3 Å². The number of hydrogen-bond acceptors (Lipinski definition) is 5. The van der Waals surface area contributed by atoms with Gasteiger partial charge in [-0.2, -0.15) is 0 Å². The molecule has 28 heavy (non-hydrogen) atoms.